The minimum Gasteiger partial charge on any atom is -0.545 e. The van der Waals surface area contributed by atoms with Gasteiger partial charge in [0.1, 0.15) is 0 Å². The summed E-state index contributed by atoms with van der Waals surface area (Å²) in [5, 5.41) is 14.0. The summed E-state index contributed by atoms with van der Waals surface area (Å²) >= 11 is 0. The average Bonchev–Trinajstić information content (AvgIpc) is 2.87. The number of carboxylic acids is 1. The molecule has 0 aliphatic heterocycles. The van der Waals surface area contributed by atoms with E-state index in [1.165, 1.54) is 17.7 Å². The molecular weight excluding hydrogens is 533 g/mol. The summed E-state index contributed by atoms with van der Waals surface area (Å²) in [5.74, 6) is -1.76. The second-order valence-corrected chi connectivity index (χ2v) is 8.06. The van der Waals surface area contributed by atoms with Gasteiger partial charge in [0.15, 0.2) is 5.82 Å². The average molecular weight is 566 g/mol. The smallest absolute Gasteiger partial charge is 0.545 e. The molecule has 0 spiro atoms. The fraction of sp³-hybridized carbons (Fsp3) is 0.185. The number of aromatic carboxylic acids is 1. The molecule has 40 heavy (non-hydrogen) atoms. The van der Waals surface area contributed by atoms with Gasteiger partial charge in [0.2, 0.25) is 0 Å². The van der Waals surface area contributed by atoms with E-state index in [2.05, 4.69) is 22.2 Å². The third-order valence-electron chi connectivity index (χ3n) is 5.60. The summed E-state index contributed by atoms with van der Waals surface area (Å²) in [6.07, 6.45) is 0.905. The molecule has 1 aromatic heterocycles. The van der Waals surface area contributed by atoms with Crippen LogP contribution in [0.5, 0.6) is 0 Å². The Morgan fingerprint density at radius 2 is 1.55 bits per heavy atom. The van der Waals surface area contributed by atoms with Crippen LogP contribution in [0.4, 0.5) is 0 Å². The van der Waals surface area contributed by atoms with Gasteiger partial charge in [-0.05, 0) is 40.3 Å². The largest absolute Gasteiger partial charge is 1.00 e. The third kappa shape index (κ3) is 9.62. The third-order valence-corrected chi connectivity index (χ3v) is 5.60. The second-order valence-electron chi connectivity index (χ2n) is 8.06. The predicted octanol–water partition coefficient (Wildman–Crippen LogP) is -3.80. The van der Waals surface area contributed by atoms with Crippen LogP contribution in [0.25, 0.3) is 10.9 Å². The van der Waals surface area contributed by atoms with Crippen LogP contribution >= 0.6 is 0 Å². The van der Waals surface area contributed by atoms with E-state index in [4.69, 9.17) is 4.74 Å². The Labute approximate surface area is 251 Å². The summed E-state index contributed by atoms with van der Waals surface area (Å²) in [4.78, 5) is 43.2. The fourth-order valence-electron chi connectivity index (χ4n) is 3.73. The van der Waals surface area contributed by atoms with E-state index < -0.39 is 17.4 Å². The first-order valence-corrected chi connectivity index (χ1v) is 11.2. The van der Waals surface area contributed by atoms with Gasteiger partial charge < -0.3 is 46.8 Å². The van der Waals surface area contributed by atoms with Crippen molar-refractivity contribution < 1.29 is 70.9 Å². The van der Waals surface area contributed by atoms with Crippen molar-refractivity contribution in [2.75, 3.05) is 0 Å². The molecule has 1 heterocycles. The normalized spacial score (nSPS) is 9.53. The van der Waals surface area contributed by atoms with Gasteiger partial charge in [0.05, 0.1) is 30.1 Å². The van der Waals surface area contributed by atoms with Crippen LogP contribution in [0.1, 0.15) is 50.2 Å². The zero-order chi connectivity index (χ0) is 24.8. The molecule has 0 aliphatic rings. The first kappa shape index (κ1) is 38.7. The van der Waals surface area contributed by atoms with Crippen molar-refractivity contribution in [3.8, 4) is 0 Å². The van der Waals surface area contributed by atoms with E-state index in [1.54, 1.807) is 30.3 Å². The Balaban J connectivity index is 0. The number of hydrogen-bond acceptors (Lipinski definition) is 6. The quantitative estimate of drug-likeness (QED) is 0.192. The molecular formula is C27H32N3NaO9. The molecule has 0 saturated carbocycles. The zero-order valence-electron chi connectivity index (χ0n) is 22.2. The van der Waals surface area contributed by atoms with Gasteiger partial charge in [-0.1, -0.05) is 67.6 Å². The molecule has 0 fully saturated rings. The van der Waals surface area contributed by atoms with Crippen molar-refractivity contribution in [3.05, 3.63) is 111 Å². The van der Waals surface area contributed by atoms with E-state index in [9.17, 15) is 19.5 Å². The Hall–Kier alpha value is -3.46. The van der Waals surface area contributed by atoms with E-state index in [0.29, 0.717) is 23.0 Å². The SMILES string of the molecule is CCc1cccc(CNC(=O)c2nc3cccc(COCc4ccc(C(=O)[O-])cc4)c3c(=O)[nH]2)c1.O.O.O.O.[Na+]. The summed E-state index contributed by atoms with van der Waals surface area (Å²) in [7, 11) is 0. The Kier molecular flexibility index (Phi) is 17.4. The number of carbonyl (C=O) groups is 2. The van der Waals surface area contributed by atoms with Gasteiger partial charge >= 0.3 is 29.6 Å². The molecule has 0 saturated heterocycles. The molecule has 0 radical (unpaired) electrons. The van der Waals surface area contributed by atoms with Crippen LogP contribution in [-0.2, 0) is 30.9 Å². The Morgan fingerprint density at radius 1 is 0.900 bits per heavy atom. The van der Waals surface area contributed by atoms with Gasteiger partial charge in [-0.2, -0.15) is 0 Å². The van der Waals surface area contributed by atoms with Crippen molar-refractivity contribution >= 4 is 22.8 Å². The monoisotopic (exact) mass is 565 g/mol. The molecule has 13 heteroatoms. The number of benzene rings is 3. The maximum atomic E-state index is 12.8. The summed E-state index contributed by atoms with van der Waals surface area (Å²) < 4.78 is 5.73. The number of ether oxygens (including phenoxy) is 1. The number of nitrogens with zero attached hydrogens (tertiary/aromatic N) is 1. The number of carbonyl (C=O) groups excluding carboxylic acids is 2. The number of rotatable bonds is 9. The molecule has 12 nitrogen and oxygen atoms in total. The number of aryl methyl sites for hydroxylation is 1. The van der Waals surface area contributed by atoms with E-state index >= 15 is 0 Å². The molecule has 1 amide bonds. The van der Waals surface area contributed by atoms with Crippen molar-refractivity contribution in [1.82, 2.24) is 15.3 Å². The molecule has 3 aromatic carbocycles. The molecule has 0 atom stereocenters. The van der Waals surface area contributed by atoms with Crippen molar-refractivity contribution in [3.63, 3.8) is 0 Å². The van der Waals surface area contributed by atoms with Gasteiger partial charge in [0, 0.05) is 6.54 Å². The Morgan fingerprint density at radius 3 is 2.20 bits per heavy atom. The van der Waals surface area contributed by atoms with E-state index in [-0.39, 0.29) is 76.1 Å². The molecule has 10 N–H and O–H groups in total. The molecule has 4 rings (SSSR count). The van der Waals surface area contributed by atoms with Crippen LogP contribution in [0.3, 0.4) is 0 Å². The maximum absolute atomic E-state index is 12.8. The van der Waals surface area contributed by atoms with E-state index in [0.717, 1.165) is 17.5 Å². The number of carboxylic acid groups (broad SMARTS) is 1. The zero-order valence-corrected chi connectivity index (χ0v) is 24.2. The van der Waals surface area contributed by atoms with Crippen LogP contribution in [0.2, 0.25) is 0 Å². The van der Waals surface area contributed by atoms with Gasteiger partial charge in [-0.3, -0.25) is 9.59 Å². The van der Waals surface area contributed by atoms with Crippen LogP contribution < -0.4 is 45.5 Å². The van der Waals surface area contributed by atoms with Crippen molar-refractivity contribution in [2.24, 2.45) is 0 Å². The second kappa shape index (κ2) is 18.0. The molecule has 0 bridgehead atoms. The van der Waals surface area contributed by atoms with Gasteiger partial charge in [-0.15, -0.1) is 0 Å². The summed E-state index contributed by atoms with van der Waals surface area (Å²) in [6.45, 7) is 2.77. The van der Waals surface area contributed by atoms with Gasteiger partial charge in [-0.25, -0.2) is 4.98 Å². The number of amides is 1. The summed E-state index contributed by atoms with van der Waals surface area (Å²) in [6, 6.07) is 19.3. The number of hydrogen-bond donors (Lipinski definition) is 2. The number of aromatic nitrogens is 2. The fourth-order valence-corrected chi connectivity index (χ4v) is 3.73. The molecule has 0 unspecified atom stereocenters. The minimum atomic E-state index is -1.24. The van der Waals surface area contributed by atoms with Crippen LogP contribution in [0.15, 0.2) is 71.5 Å². The minimum absolute atomic E-state index is 0. The van der Waals surface area contributed by atoms with Crippen LogP contribution in [0, 0.1) is 0 Å². The maximum Gasteiger partial charge on any atom is 1.00 e. The van der Waals surface area contributed by atoms with E-state index in [1.807, 2.05) is 24.3 Å². The topological polar surface area (TPSA) is 250 Å². The Bertz CT molecular complexity index is 1440. The van der Waals surface area contributed by atoms with Crippen LogP contribution in [-0.4, -0.2) is 43.7 Å². The number of fused-ring (bicyclic) bond motifs is 1. The summed E-state index contributed by atoms with van der Waals surface area (Å²) in [5.41, 5.74) is 3.62. The predicted molar refractivity (Wildman–Crippen MR) is 143 cm³/mol. The molecule has 210 valence electrons. The first-order valence-electron chi connectivity index (χ1n) is 11.2. The standard InChI is InChI=1S/C27H25N3O5.Na.4H2O/c1-2-17-5-3-6-19(13-17)14-28-26(32)24-29-22-8-4-7-21(23(22)25(31)30-24)16-35-15-18-9-11-20(12-10-18)27(33)34;;;;;/h3-13H,2,14-16H2,1H3,(H,28,32)(H,33,34)(H,29,30,31);;4*1H2/q;+1;;;;/p-1. The van der Waals surface area contributed by atoms with Crippen molar-refractivity contribution in [1.29, 1.82) is 0 Å². The number of nitrogens with one attached hydrogen (secondary N) is 2. The number of aromatic amines is 1. The van der Waals surface area contributed by atoms with Gasteiger partial charge in [0.25, 0.3) is 11.5 Å². The molecule has 0 aliphatic carbocycles. The molecule has 4 aromatic rings. The van der Waals surface area contributed by atoms with Crippen molar-refractivity contribution in [2.45, 2.75) is 33.1 Å². The first-order chi connectivity index (χ1) is 16.9. The number of H-pyrrole nitrogens is 1.